The highest BCUT2D eigenvalue weighted by atomic mass is 16.6. The van der Waals surface area contributed by atoms with Gasteiger partial charge in [0.25, 0.3) is 0 Å². The van der Waals surface area contributed by atoms with Crippen molar-refractivity contribution in [1.29, 1.82) is 0 Å². The van der Waals surface area contributed by atoms with E-state index in [9.17, 15) is 4.79 Å². The first-order valence-corrected chi connectivity index (χ1v) is 11.8. The number of nitrogens with zero attached hydrogens (tertiary/aromatic N) is 4. The van der Waals surface area contributed by atoms with Crippen molar-refractivity contribution in [2.75, 3.05) is 59.9 Å². The third-order valence-electron chi connectivity index (χ3n) is 6.31. The summed E-state index contributed by atoms with van der Waals surface area (Å²) in [7, 11) is 4.10. The second kappa shape index (κ2) is 11.8. The molecule has 0 aliphatic carbocycles. The summed E-state index contributed by atoms with van der Waals surface area (Å²) in [6, 6.07) is 0. The Balaban J connectivity index is 1.71. The first kappa shape index (κ1) is 24.8. The molecule has 7 heteroatoms. The number of hydrogen-bond donors (Lipinski definition) is 1. The number of likely N-dealkylation sites (tertiary alicyclic amines) is 2. The number of nitrogens with one attached hydrogen (secondary N) is 1. The molecule has 2 saturated heterocycles. The van der Waals surface area contributed by atoms with Crippen molar-refractivity contribution in [3.8, 4) is 0 Å². The van der Waals surface area contributed by atoms with Crippen molar-refractivity contribution in [3.05, 3.63) is 0 Å². The average molecular weight is 424 g/mol. The van der Waals surface area contributed by atoms with Gasteiger partial charge in [0.05, 0.1) is 0 Å². The van der Waals surface area contributed by atoms with Crippen LogP contribution in [-0.4, -0.2) is 92.3 Å². The molecule has 2 rings (SSSR count). The quantitative estimate of drug-likeness (QED) is 0.525. The Morgan fingerprint density at radius 1 is 1.10 bits per heavy atom. The molecule has 0 aromatic carbocycles. The Bertz CT molecular complexity index is 544. The van der Waals surface area contributed by atoms with Crippen LogP contribution < -0.4 is 5.32 Å². The van der Waals surface area contributed by atoms with Crippen LogP contribution in [0.3, 0.4) is 0 Å². The highest BCUT2D eigenvalue weighted by molar-refractivity contribution is 5.79. The average Bonchev–Trinajstić information content (AvgIpc) is 2.70. The van der Waals surface area contributed by atoms with Crippen LogP contribution in [-0.2, 0) is 4.74 Å². The van der Waals surface area contributed by atoms with Crippen molar-refractivity contribution in [2.45, 2.75) is 65.4 Å². The summed E-state index contributed by atoms with van der Waals surface area (Å²) >= 11 is 0. The van der Waals surface area contributed by atoms with Crippen molar-refractivity contribution in [3.63, 3.8) is 0 Å². The molecular formula is C23H45N5O2. The summed E-state index contributed by atoms with van der Waals surface area (Å²) in [4.78, 5) is 23.6. The van der Waals surface area contributed by atoms with Gasteiger partial charge in [0.1, 0.15) is 5.60 Å². The summed E-state index contributed by atoms with van der Waals surface area (Å²) in [5, 5.41) is 3.59. The maximum absolute atomic E-state index is 12.4. The van der Waals surface area contributed by atoms with Gasteiger partial charge in [0.2, 0.25) is 0 Å². The van der Waals surface area contributed by atoms with E-state index < -0.39 is 5.60 Å². The van der Waals surface area contributed by atoms with E-state index in [1.54, 1.807) is 0 Å². The largest absolute Gasteiger partial charge is 0.444 e. The van der Waals surface area contributed by atoms with E-state index in [0.29, 0.717) is 12.5 Å². The SMILES string of the molecule is CCN(CC1CCN(C(=NC)NCCC2CCN(C)CC2)CC1)C(=O)OC(C)(C)C. The molecule has 7 nitrogen and oxygen atoms in total. The first-order valence-electron chi connectivity index (χ1n) is 11.8. The number of piperidine rings is 2. The lowest BCUT2D eigenvalue weighted by molar-refractivity contribution is 0.0214. The van der Waals surface area contributed by atoms with Gasteiger partial charge in [-0.15, -0.1) is 0 Å². The number of guanidine groups is 1. The number of aliphatic imine (C=N–C) groups is 1. The maximum atomic E-state index is 12.4. The first-order chi connectivity index (χ1) is 14.2. The summed E-state index contributed by atoms with van der Waals surface area (Å²) < 4.78 is 5.55. The zero-order valence-corrected chi connectivity index (χ0v) is 20.2. The van der Waals surface area contributed by atoms with Gasteiger partial charge < -0.3 is 24.8 Å². The smallest absolute Gasteiger partial charge is 0.410 e. The second-order valence-corrected chi connectivity index (χ2v) is 9.96. The van der Waals surface area contributed by atoms with Crippen LogP contribution in [0.4, 0.5) is 4.79 Å². The molecule has 0 bridgehead atoms. The van der Waals surface area contributed by atoms with Crippen LogP contribution >= 0.6 is 0 Å². The van der Waals surface area contributed by atoms with Crippen LogP contribution in [0.15, 0.2) is 4.99 Å². The fraction of sp³-hybridized carbons (Fsp3) is 0.913. The fourth-order valence-electron chi connectivity index (χ4n) is 4.37. The molecule has 2 fully saturated rings. The van der Waals surface area contributed by atoms with Gasteiger partial charge in [-0.2, -0.15) is 0 Å². The molecule has 0 aromatic rings. The van der Waals surface area contributed by atoms with Gasteiger partial charge in [-0.25, -0.2) is 4.79 Å². The second-order valence-electron chi connectivity index (χ2n) is 9.96. The van der Waals surface area contributed by atoms with Gasteiger partial charge in [-0.3, -0.25) is 4.99 Å². The molecule has 0 atom stereocenters. The monoisotopic (exact) mass is 423 g/mol. The van der Waals surface area contributed by atoms with Crippen molar-refractivity contribution < 1.29 is 9.53 Å². The van der Waals surface area contributed by atoms with E-state index in [1.807, 2.05) is 39.6 Å². The predicted molar refractivity (Wildman–Crippen MR) is 124 cm³/mol. The van der Waals surface area contributed by atoms with E-state index in [-0.39, 0.29) is 6.09 Å². The zero-order chi connectivity index (χ0) is 22.1. The van der Waals surface area contributed by atoms with Gasteiger partial charge in [-0.05, 0) is 91.8 Å². The Labute approximate surface area is 184 Å². The zero-order valence-electron chi connectivity index (χ0n) is 20.2. The molecule has 1 N–H and O–H groups in total. The maximum Gasteiger partial charge on any atom is 0.410 e. The van der Waals surface area contributed by atoms with Crippen LogP contribution in [0, 0.1) is 11.8 Å². The molecular weight excluding hydrogens is 378 g/mol. The molecule has 0 saturated carbocycles. The standard InChI is InChI=1S/C23H45N5O2/c1-7-27(22(29)30-23(2,3)4)18-20-11-16-28(17-12-20)21(24-5)25-13-8-19-9-14-26(6)15-10-19/h19-20H,7-18H2,1-6H3,(H,24,25). The highest BCUT2D eigenvalue weighted by Gasteiger charge is 2.27. The summed E-state index contributed by atoms with van der Waals surface area (Å²) in [5.74, 6) is 2.39. The van der Waals surface area contributed by atoms with Gasteiger partial charge in [-0.1, -0.05) is 0 Å². The predicted octanol–water partition coefficient (Wildman–Crippen LogP) is 3.26. The van der Waals surface area contributed by atoms with E-state index in [1.165, 1.54) is 32.4 Å². The molecule has 0 spiro atoms. The molecule has 2 aliphatic rings. The Morgan fingerprint density at radius 2 is 1.70 bits per heavy atom. The third kappa shape index (κ3) is 8.32. The number of ether oxygens (including phenoxy) is 1. The Hall–Kier alpha value is -1.50. The molecule has 0 unspecified atom stereocenters. The van der Waals surface area contributed by atoms with Crippen molar-refractivity contribution >= 4 is 12.1 Å². The van der Waals surface area contributed by atoms with Gasteiger partial charge in [0, 0.05) is 39.8 Å². The van der Waals surface area contributed by atoms with Gasteiger partial charge in [0.15, 0.2) is 5.96 Å². The minimum atomic E-state index is -0.445. The molecule has 0 radical (unpaired) electrons. The van der Waals surface area contributed by atoms with E-state index in [4.69, 9.17) is 4.74 Å². The lowest BCUT2D eigenvalue weighted by Crippen LogP contribution is -2.48. The van der Waals surface area contributed by atoms with Crippen LogP contribution in [0.1, 0.15) is 59.8 Å². The molecule has 174 valence electrons. The normalized spacial score (nSPS) is 20.3. The summed E-state index contributed by atoms with van der Waals surface area (Å²) in [6.45, 7) is 14.7. The molecule has 30 heavy (non-hydrogen) atoms. The van der Waals surface area contributed by atoms with Crippen LogP contribution in [0.5, 0.6) is 0 Å². The number of rotatable bonds is 6. The number of amides is 1. The Morgan fingerprint density at radius 3 is 2.23 bits per heavy atom. The van der Waals surface area contributed by atoms with E-state index >= 15 is 0 Å². The molecule has 0 aromatic heterocycles. The topological polar surface area (TPSA) is 60.4 Å². The number of carbonyl (C=O) groups is 1. The minimum Gasteiger partial charge on any atom is -0.444 e. The van der Waals surface area contributed by atoms with E-state index in [0.717, 1.165) is 50.9 Å². The molecule has 1 amide bonds. The minimum absolute atomic E-state index is 0.196. The summed E-state index contributed by atoms with van der Waals surface area (Å²) in [6.07, 6.45) is 5.81. The van der Waals surface area contributed by atoms with Crippen molar-refractivity contribution in [2.24, 2.45) is 16.8 Å². The lowest BCUT2D eigenvalue weighted by Gasteiger charge is -2.36. The number of hydrogen-bond acceptors (Lipinski definition) is 4. The van der Waals surface area contributed by atoms with Crippen molar-refractivity contribution in [1.82, 2.24) is 20.0 Å². The number of carbonyl (C=O) groups excluding carboxylic acids is 1. The Kier molecular flexibility index (Phi) is 9.72. The lowest BCUT2D eigenvalue weighted by atomic mass is 9.94. The highest BCUT2D eigenvalue weighted by Crippen LogP contribution is 2.21. The molecule has 2 heterocycles. The fourth-order valence-corrected chi connectivity index (χ4v) is 4.37. The van der Waals surface area contributed by atoms with Crippen LogP contribution in [0.25, 0.3) is 0 Å². The van der Waals surface area contributed by atoms with Gasteiger partial charge >= 0.3 is 6.09 Å². The third-order valence-corrected chi connectivity index (χ3v) is 6.31. The van der Waals surface area contributed by atoms with E-state index in [2.05, 4.69) is 27.2 Å². The van der Waals surface area contributed by atoms with Crippen LogP contribution in [0.2, 0.25) is 0 Å². The summed E-state index contributed by atoms with van der Waals surface area (Å²) in [5.41, 5.74) is -0.445. The molecule has 2 aliphatic heterocycles.